The number of nitrogens with zero attached hydrogens (tertiary/aromatic N) is 2. The van der Waals surface area contributed by atoms with Crippen molar-refractivity contribution in [1.82, 2.24) is 9.55 Å². The lowest BCUT2D eigenvalue weighted by Gasteiger charge is -2.22. The van der Waals surface area contributed by atoms with E-state index in [9.17, 15) is 4.39 Å². The summed E-state index contributed by atoms with van der Waals surface area (Å²) in [6.45, 7) is 10.4. The molecule has 21 heavy (non-hydrogen) atoms. The molecular weight excluding hydrogens is 289 g/mol. The Bertz CT molecular complexity index is 669. The van der Waals surface area contributed by atoms with E-state index < -0.39 is 5.82 Å². The molecule has 0 saturated carbocycles. The molecule has 0 fully saturated rings. The van der Waals surface area contributed by atoms with Crippen LogP contribution in [0.25, 0.3) is 11.3 Å². The summed E-state index contributed by atoms with van der Waals surface area (Å²) in [5.74, 6) is 1.04. The van der Waals surface area contributed by atoms with Crippen LogP contribution in [-0.2, 0) is 5.41 Å². The monoisotopic (exact) mass is 309 g/mol. The Morgan fingerprint density at radius 3 is 2.33 bits per heavy atom. The number of nitrogens with two attached hydrogens (primary N) is 1. The van der Waals surface area contributed by atoms with Crippen LogP contribution >= 0.6 is 11.6 Å². The van der Waals surface area contributed by atoms with E-state index in [-0.39, 0.29) is 16.5 Å². The Balaban J connectivity index is 2.68. The minimum Gasteiger partial charge on any atom is -0.383 e. The molecule has 1 aromatic carbocycles. The highest BCUT2D eigenvalue weighted by Crippen LogP contribution is 2.35. The van der Waals surface area contributed by atoms with E-state index in [0.717, 1.165) is 11.4 Å². The van der Waals surface area contributed by atoms with Gasteiger partial charge in [-0.3, -0.25) is 0 Å². The minimum atomic E-state index is -0.446. The third-order valence-electron chi connectivity index (χ3n) is 3.33. The van der Waals surface area contributed by atoms with Crippen molar-refractivity contribution in [1.29, 1.82) is 0 Å². The van der Waals surface area contributed by atoms with Crippen molar-refractivity contribution in [2.24, 2.45) is 0 Å². The predicted molar refractivity (Wildman–Crippen MR) is 86.1 cm³/mol. The van der Waals surface area contributed by atoms with Crippen LogP contribution in [0.3, 0.4) is 0 Å². The van der Waals surface area contributed by atoms with Gasteiger partial charge in [-0.2, -0.15) is 0 Å². The number of halogens is 2. The quantitative estimate of drug-likeness (QED) is 0.865. The van der Waals surface area contributed by atoms with Crippen LogP contribution in [0.5, 0.6) is 0 Å². The first-order valence-corrected chi connectivity index (χ1v) is 7.34. The third-order valence-corrected chi connectivity index (χ3v) is 3.62. The van der Waals surface area contributed by atoms with E-state index in [1.54, 1.807) is 12.1 Å². The van der Waals surface area contributed by atoms with Crippen LogP contribution in [0.2, 0.25) is 5.02 Å². The van der Waals surface area contributed by atoms with E-state index in [1.165, 1.54) is 6.07 Å². The zero-order valence-corrected chi connectivity index (χ0v) is 13.8. The molecule has 2 aromatic rings. The molecule has 114 valence electrons. The van der Waals surface area contributed by atoms with Gasteiger partial charge in [-0.15, -0.1) is 0 Å². The molecule has 1 aromatic heterocycles. The van der Waals surface area contributed by atoms with Crippen LogP contribution in [0.4, 0.5) is 10.2 Å². The summed E-state index contributed by atoms with van der Waals surface area (Å²) in [5.41, 5.74) is 7.52. The summed E-state index contributed by atoms with van der Waals surface area (Å²) in [7, 11) is 0. The second-order valence-electron chi connectivity index (χ2n) is 6.51. The Morgan fingerprint density at radius 1 is 1.29 bits per heavy atom. The van der Waals surface area contributed by atoms with Crippen LogP contribution < -0.4 is 5.73 Å². The number of benzene rings is 1. The highest BCUT2D eigenvalue weighted by Gasteiger charge is 2.26. The van der Waals surface area contributed by atoms with E-state index in [0.29, 0.717) is 11.5 Å². The molecule has 0 amide bonds. The van der Waals surface area contributed by atoms with Crippen LogP contribution in [0, 0.1) is 5.82 Å². The Labute approximate surface area is 129 Å². The molecule has 5 heteroatoms. The van der Waals surface area contributed by atoms with Gasteiger partial charge in [0.25, 0.3) is 0 Å². The van der Waals surface area contributed by atoms with Gasteiger partial charge in [0.2, 0.25) is 0 Å². The minimum absolute atomic E-state index is 0.0725. The SMILES string of the molecule is CC(C)n1c(C(C)(C)C)nc(-c2ccc(F)c(Cl)c2)c1N. The number of aromatic nitrogens is 2. The predicted octanol–water partition coefficient (Wildman–Crippen LogP) is 4.80. The van der Waals surface area contributed by atoms with Gasteiger partial charge in [-0.05, 0) is 32.0 Å². The van der Waals surface area contributed by atoms with E-state index in [2.05, 4.69) is 34.6 Å². The summed E-state index contributed by atoms with van der Waals surface area (Å²) in [6, 6.07) is 4.74. The average molecular weight is 310 g/mol. The number of hydrogen-bond donors (Lipinski definition) is 1. The van der Waals surface area contributed by atoms with Crippen molar-refractivity contribution in [3.63, 3.8) is 0 Å². The number of imidazole rings is 1. The Kier molecular flexibility index (Phi) is 4.02. The highest BCUT2D eigenvalue weighted by atomic mass is 35.5. The van der Waals surface area contributed by atoms with Crippen molar-refractivity contribution >= 4 is 17.4 Å². The van der Waals surface area contributed by atoms with Gasteiger partial charge in [0.05, 0.1) is 5.02 Å². The van der Waals surface area contributed by atoms with Crippen LogP contribution in [0.1, 0.15) is 46.5 Å². The lowest BCUT2D eigenvalue weighted by molar-refractivity contribution is 0.473. The van der Waals surface area contributed by atoms with Crippen molar-refractivity contribution in [3.8, 4) is 11.3 Å². The molecule has 0 atom stereocenters. The summed E-state index contributed by atoms with van der Waals surface area (Å²) >= 11 is 5.86. The maximum atomic E-state index is 13.3. The molecule has 0 aliphatic carbocycles. The van der Waals surface area contributed by atoms with Crippen LogP contribution in [-0.4, -0.2) is 9.55 Å². The van der Waals surface area contributed by atoms with Gasteiger partial charge in [-0.1, -0.05) is 32.4 Å². The smallest absolute Gasteiger partial charge is 0.141 e. The molecule has 0 unspecified atom stereocenters. The van der Waals surface area contributed by atoms with E-state index >= 15 is 0 Å². The molecule has 0 aliphatic heterocycles. The number of rotatable bonds is 2. The first-order valence-electron chi connectivity index (χ1n) is 6.96. The Hall–Kier alpha value is -1.55. The molecule has 3 nitrogen and oxygen atoms in total. The Morgan fingerprint density at radius 2 is 1.90 bits per heavy atom. The first-order chi connectivity index (χ1) is 9.62. The van der Waals surface area contributed by atoms with Gasteiger partial charge in [0, 0.05) is 17.0 Å². The van der Waals surface area contributed by atoms with Crippen molar-refractivity contribution in [3.05, 3.63) is 34.9 Å². The average Bonchev–Trinajstić information content (AvgIpc) is 2.70. The molecule has 0 saturated heterocycles. The summed E-state index contributed by atoms with van der Waals surface area (Å²) in [5, 5.41) is 0.0725. The second kappa shape index (κ2) is 5.34. The molecule has 1 heterocycles. The first kappa shape index (κ1) is 15.8. The molecule has 0 spiro atoms. The highest BCUT2D eigenvalue weighted by molar-refractivity contribution is 6.31. The molecule has 2 N–H and O–H groups in total. The van der Waals surface area contributed by atoms with Gasteiger partial charge in [0.1, 0.15) is 23.2 Å². The zero-order valence-electron chi connectivity index (χ0n) is 13.0. The molecule has 0 bridgehead atoms. The lowest BCUT2D eigenvalue weighted by Crippen LogP contribution is -2.21. The zero-order chi connectivity index (χ0) is 15.9. The molecular formula is C16H21ClFN3. The standard InChI is InChI=1S/C16H21ClFN3/c1-9(2)21-14(19)13(20-15(21)16(3,4)5)10-6-7-12(18)11(17)8-10/h6-9H,19H2,1-5H3. The number of hydrogen-bond acceptors (Lipinski definition) is 2. The molecule has 0 radical (unpaired) electrons. The number of nitrogen functional groups attached to an aromatic ring is 1. The lowest BCUT2D eigenvalue weighted by atomic mass is 9.95. The largest absolute Gasteiger partial charge is 0.383 e. The molecule has 0 aliphatic rings. The van der Waals surface area contributed by atoms with Gasteiger partial charge in [-0.25, -0.2) is 9.37 Å². The van der Waals surface area contributed by atoms with Gasteiger partial charge in [0.15, 0.2) is 0 Å². The molecule has 2 rings (SSSR count). The summed E-state index contributed by atoms with van der Waals surface area (Å²) in [4.78, 5) is 4.70. The topological polar surface area (TPSA) is 43.8 Å². The maximum absolute atomic E-state index is 13.3. The van der Waals surface area contributed by atoms with Gasteiger partial charge < -0.3 is 10.3 Å². The maximum Gasteiger partial charge on any atom is 0.141 e. The van der Waals surface area contributed by atoms with Crippen molar-refractivity contribution in [2.45, 2.75) is 46.1 Å². The fraction of sp³-hybridized carbons (Fsp3) is 0.438. The van der Waals surface area contributed by atoms with E-state index in [1.807, 2.05) is 4.57 Å². The second-order valence-corrected chi connectivity index (χ2v) is 6.92. The normalized spacial score (nSPS) is 12.2. The van der Waals surface area contributed by atoms with E-state index in [4.69, 9.17) is 22.3 Å². The fourth-order valence-corrected chi connectivity index (χ4v) is 2.53. The van der Waals surface area contributed by atoms with Crippen molar-refractivity contribution in [2.75, 3.05) is 5.73 Å². The summed E-state index contributed by atoms with van der Waals surface area (Å²) in [6.07, 6.45) is 0. The summed E-state index contributed by atoms with van der Waals surface area (Å²) < 4.78 is 15.3. The van der Waals surface area contributed by atoms with Crippen molar-refractivity contribution < 1.29 is 4.39 Å². The van der Waals surface area contributed by atoms with Crippen LogP contribution in [0.15, 0.2) is 18.2 Å². The number of anilines is 1. The van der Waals surface area contributed by atoms with Gasteiger partial charge >= 0.3 is 0 Å². The third kappa shape index (κ3) is 2.91. The fourth-order valence-electron chi connectivity index (χ4n) is 2.35.